The summed E-state index contributed by atoms with van der Waals surface area (Å²) in [7, 11) is 4.13. The summed E-state index contributed by atoms with van der Waals surface area (Å²) in [6.45, 7) is 6.58. The molecule has 2 rings (SSSR count). The fourth-order valence-corrected chi connectivity index (χ4v) is 2.73. The maximum atomic E-state index is 5.87. The average Bonchev–Trinajstić information content (AvgIpc) is 2.94. The Morgan fingerprint density at radius 1 is 1.32 bits per heavy atom. The second-order valence-electron chi connectivity index (χ2n) is 5.77. The Bertz CT molecular complexity index is 450. The van der Waals surface area contributed by atoms with E-state index in [-0.39, 0.29) is 24.0 Å². The number of ether oxygens (including phenoxy) is 1. The highest BCUT2D eigenvalue weighted by Gasteiger charge is 2.25. The van der Waals surface area contributed by atoms with Crippen LogP contribution in [0.25, 0.3) is 0 Å². The first kappa shape index (κ1) is 19.2. The Kier molecular flexibility index (Phi) is 8.78. The lowest BCUT2D eigenvalue weighted by Crippen LogP contribution is -2.39. The average molecular weight is 417 g/mol. The lowest BCUT2D eigenvalue weighted by Gasteiger charge is -2.26. The molecule has 0 bridgehead atoms. The van der Waals surface area contributed by atoms with Crippen LogP contribution in [0.5, 0.6) is 0 Å². The molecule has 0 saturated carbocycles. The molecule has 1 heterocycles. The van der Waals surface area contributed by atoms with Crippen molar-refractivity contribution in [3.8, 4) is 0 Å². The van der Waals surface area contributed by atoms with Crippen LogP contribution >= 0.6 is 24.0 Å². The highest BCUT2D eigenvalue weighted by molar-refractivity contribution is 14.0. The normalized spacial score (nSPS) is 18.2. The first-order valence-electron chi connectivity index (χ1n) is 7.79. The third-order valence-electron chi connectivity index (χ3n) is 3.73. The van der Waals surface area contributed by atoms with Gasteiger partial charge in [0.1, 0.15) is 0 Å². The molecule has 4 nitrogen and oxygen atoms in total. The largest absolute Gasteiger partial charge is 0.376 e. The number of guanidine groups is 1. The Morgan fingerprint density at radius 3 is 2.68 bits per heavy atom. The standard InChI is InChI=1S/C17H27N3O.HI/c1-4-18-17(19(2)3)20-11-10-16(12-20)14-21-13-15-8-6-5-7-9-15;/h5-9,16H,4,10-14H2,1-3H3;1H. The summed E-state index contributed by atoms with van der Waals surface area (Å²) in [5.41, 5.74) is 1.24. The van der Waals surface area contributed by atoms with Crippen LogP contribution in [0.3, 0.4) is 0 Å². The summed E-state index contributed by atoms with van der Waals surface area (Å²) in [4.78, 5) is 9.08. The van der Waals surface area contributed by atoms with Crippen molar-refractivity contribution in [2.24, 2.45) is 10.9 Å². The molecule has 0 N–H and O–H groups in total. The van der Waals surface area contributed by atoms with E-state index in [2.05, 4.69) is 60.1 Å². The van der Waals surface area contributed by atoms with Gasteiger partial charge in [-0.1, -0.05) is 30.3 Å². The van der Waals surface area contributed by atoms with Gasteiger partial charge in [0.05, 0.1) is 13.2 Å². The number of hydrogen-bond donors (Lipinski definition) is 0. The smallest absolute Gasteiger partial charge is 0.196 e. The van der Waals surface area contributed by atoms with Gasteiger partial charge in [0.25, 0.3) is 0 Å². The van der Waals surface area contributed by atoms with Crippen molar-refractivity contribution in [3.63, 3.8) is 0 Å². The Balaban J connectivity index is 0.00000242. The number of nitrogens with zero attached hydrogens (tertiary/aromatic N) is 3. The second-order valence-corrected chi connectivity index (χ2v) is 5.77. The molecule has 1 unspecified atom stereocenters. The van der Waals surface area contributed by atoms with E-state index in [1.807, 2.05) is 6.07 Å². The van der Waals surface area contributed by atoms with Gasteiger partial charge in [0.15, 0.2) is 5.96 Å². The zero-order valence-corrected chi connectivity index (χ0v) is 16.2. The van der Waals surface area contributed by atoms with E-state index >= 15 is 0 Å². The van der Waals surface area contributed by atoms with Gasteiger partial charge in [0.2, 0.25) is 0 Å². The van der Waals surface area contributed by atoms with E-state index in [0.29, 0.717) is 12.5 Å². The molecule has 1 atom stereocenters. The van der Waals surface area contributed by atoms with Gasteiger partial charge in [-0.25, -0.2) is 0 Å². The van der Waals surface area contributed by atoms with Gasteiger partial charge in [-0.3, -0.25) is 4.99 Å². The first-order chi connectivity index (χ1) is 10.2. The highest BCUT2D eigenvalue weighted by Crippen LogP contribution is 2.18. The lowest BCUT2D eigenvalue weighted by molar-refractivity contribution is 0.0905. The predicted molar refractivity (Wildman–Crippen MR) is 103 cm³/mol. The minimum atomic E-state index is 0. The predicted octanol–water partition coefficient (Wildman–Crippen LogP) is 3.08. The quantitative estimate of drug-likeness (QED) is 0.419. The maximum absolute atomic E-state index is 5.87. The van der Waals surface area contributed by atoms with Gasteiger partial charge in [0, 0.05) is 39.6 Å². The number of halogens is 1. The molecule has 0 spiro atoms. The van der Waals surface area contributed by atoms with Gasteiger partial charge in [-0.15, -0.1) is 24.0 Å². The van der Waals surface area contributed by atoms with Crippen molar-refractivity contribution in [3.05, 3.63) is 35.9 Å². The van der Waals surface area contributed by atoms with Crippen molar-refractivity contribution >= 4 is 29.9 Å². The van der Waals surface area contributed by atoms with E-state index < -0.39 is 0 Å². The summed E-state index contributed by atoms with van der Waals surface area (Å²) in [5, 5.41) is 0. The summed E-state index contributed by atoms with van der Waals surface area (Å²) in [6.07, 6.45) is 1.19. The molecule has 1 fully saturated rings. The molecule has 0 radical (unpaired) electrons. The van der Waals surface area contributed by atoms with Crippen LogP contribution in [-0.2, 0) is 11.3 Å². The molecule has 1 saturated heterocycles. The van der Waals surface area contributed by atoms with Crippen LogP contribution in [0.1, 0.15) is 18.9 Å². The molecular weight excluding hydrogens is 389 g/mol. The van der Waals surface area contributed by atoms with E-state index in [9.17, 15) is 0 Å². The molecule has 1 aromatic carbocycles. The monoisotopic (exact) mass is 417 g/mol. The SMILES string of the molecule is CCN=C(N(C)C)N1CCC(COCc2ccccc2)C1.I. The fourth-order valence-electron chi connectivity index (χ4n) is 2.73. The van der Waals surface area contributed by atoms with Gasteiger partial charge >= 0.3 is 0 Å². The molecule has 1 aliphatic heterocycles. The van der Waals surface area contributed by atoms with Crippen LogP contribution in [-0.4, -0.2) is 56.1 Å². The third-order valence-corrected chi connectivity index (χ3v) is 3.73. The van der Waals surface area contributed by atoms with Gasteiger partial charge in [-0.2, -0.15) is 0 Å². The molecular formula is C17H28IN3O. The van der Waals surface area contributed by atoms with Gasteiger partial charge < -0.3 is 14.5 Å². The van der Waals surface area contributed by atoms with Crippen LogP contribution in [0.2, 0.25) is 0 Å². The van der Waals surface area contributed by atoms with Crippen molar-refractivity contribution in [1.29, 1.82) is 0 Å². The third kappa shape index (κ3) is 5.76. The topological polar surface area (TPSA) is 28.1 Å². The van der Waals surface area contributed by atoms with Crippen LogP contribution in [0.4, 0.5) is 0 Å². The molecule has 0 aliphatic carbocycles. The Morgan fingerprint density at radius 2 is 2.05 bits per heavy atom. The maximum Gasteiger partial charge on any atom is 0.196 e. The zero-order valence-electron chi connectivity index (χ0n) is 13.9. The molecule has 22 heavy (non-hydrogen) atoms. The minimum absolute atomic E-state index is 0. The summed E-state index contributed by atoms with van der Waals surface area (Å²) in [6, 6.07) is 10.4. The fraction of sp³-hybridized carbons (Fsp3) is 0.588. The number of rotatable bonds is 5. The second kappa shape index (κ2) is 10.0. The van der Waals surface area contributed by atoms with E-state index in [4.69, 9.17) is 4.74 Å². The molecule has 5 heteroatoms. The van der Waals surface area contributed by atoms with Crippen LogP contribution < -0.4 is 0 Å². The number of aliphatic imine (C=N–C) groups is 1. The summed E-state index contributed by atoms with van der Waals surface area (Å²) >= 11 is 0. The molecule has 0 aromatic heterocycles. The van der Waals surface area contributed by atoms with Crippen LogP contribution in [0.15, 0.2) is 35.3 Å². The minimum Gasteiger partial charge on any atom is -0.376 e. The van der Waals surface area contributed by atoms with Crippen molar-refractivity contribution in [2.45, 2.75) is 20.0 Å². The number of benzene rings is 1. The summed E-state index contributed by atoms with van der Waals surface area (Å²) in [5.74, 6) is 1.71. The number of likely N-dealkylation sites (tertiary alicyclic amines) is 1. The summed E-state index contributed by atoms with van der Waals surface area (Å²) < 4.78 is 5.87. The molecule has 1 aromatic rings. The lowest BCUT2D eigenvalue weighted by atomic mass is 10.1. The highest BCUT2D eigenvalue weighted by atomic mass is 127. The molecule has 0 amide bonds. The first-order valence-corrected chi connectivity index (χ1v) is 7.79. The van der Waals surface area contributed by atoms with Crippen LogP contribution in [0, 0.1) is 5.92 Å². The van der Waals surface area contributed by atoms with E-state index in [1.165, 1.54) is 12.0 Å². The number of hydrogen-bond acceptors (Lipinski definition) is 2. The van der Waals surface area contributed by atoms with Crippen molar-refractivity contribution in [1.82, 2.24) is 9.80 Å². The van der Waals surface area contributed by atoms with E-state index in [0.717, 1.165) is 32.2 Å². The molecule has 1 aliphatic rings. The Labute approximate surface area is 151 Å². The van der Waals surface area contributed by atoms with Gasteiger partial charge in [-0.05, 0) is 18.9 Å². The Hall–Kier alpha value is -0.820. The molecule has 124 valence electrons. The van der Waals surface area contributed by atoms with Crippen molar-refractivity contribution in [2.75, 3.05) is 40.3 Å². The van der Waals surface area contributed by atoms with E-state index in [1.54, 1.807) is 0 Å². The van der Waals surface area contributed by atoms with Crippen molar-refractivity contribution < 1.29 is 4.74 Å². The zero-order chi connectivity index (χ0) is 15.1.